The third-order valence-corrected chi connectivity index (χ3v) is 3.88. The Labute approximate surface area is 122 Å². The smallest absolute Gasteiger partial charge is 0.140 e. The quantitative estimate of drug-likeness (QED) is 0.882. The number of ether oxygens (including phenoxy) is 1. The summed E-state index contributed by atoms with van der Waals surface area (Å²) in [7, 11) is 1.93. The van der Waals surface area contributed by atoms with E-state index >= 15 is 0 Å². The summed E-state index contributed by atoms with van der Waals surface area (Å²) in [6.45, 7) is 5.51. The third-order valence-electron chi connectivity index (χ3n) is 2.83. The second kappa shape index (κ2) is 6.81. The van der Waals surface area contributed by atoms with Crippen molar-refractivity contribution in [3.63, 3.8) is 0 Å². The summed E-state index contributed by atoms with van der Waals surface area (Å²) in [6.07, 6.45) is 0. The number of halogens is 1. The average Bonchev–Trinajstić information content (AvgIpc) is 2.82. The molecule has 0 fully saturated rings. The van der Waals surface area contributed by atoms with E-state index in [-0.39, 0.29) is 5.82 Å². The van der Waals surface area contributed by atoms with Crippen molar-refractivity contribution in [2.75, 3.05) is 7.05 Å². The minimum atomic E-state index is -0.259. The molecule has 0 saturated carbocycles. The van der Waals surface area contributed by atoms with E-state index in [2.05, 4.69) is 24.1 Å². The minimum Gasteiger partial charge on any atom is -0.486 e. The van der Waals surface area contributed by atoms with Crippen molar-refractivity contribution in [1.82, 2.24) is 10.3 Å². The van der Waals surface area contributed by atoms with Crippen molar-refractivity contribution in [3.8, 4) is 5.75 Å². The first-order valence-electron chi connectivity index (χ1n) is 6.61. The molecular weight excluding hydrogens is 275 g/mol. The van der Waals surface area contributed by atoms with E-state index in [0.29, 0.717) is 18.3 Å². The molecule has 20 heavy (non-hydrogen) atoms. The Morgan fingerprint density at radius 1 is 1.30 bits per heavy atom. The highest BCUT2D eigenvalue weighted by Gasteiger charge is 2.13. The molecule has 1 heterocycles. The summed E-state index contributed by atoms with van der Waals surface area (Å²) in [4.78, 5) is 5.89. The van der Waals surface area contributed by atoms with Gasteiger partial charge in [-0.2, -0.15) is 0 Å². The summed E-state index contributed by atoms with van der Waals surface area (Å²) in [5.74, 6) is 0.794. The fourth-order valence-electron chi connectivity index (χ4n) is 1.89. The van der Waals surface area contributed by atoms with E-state index in [9.17, 15) is 4.39 Å². The van der Waals surface area contributed by atoms with Gasteiger partial charge in [0.1, 0.15) is 23.2 Å². The normalized spacial score (nSPS) is 11.1. The fourth-order valence-corrected chi connectivity index (χ4v) is 3.04. The first kappa shape index (κ1) is 14.9. The summed E-state index contributed by atoms with van der Waals surface area (Å²) < 4.78 is 18.4. The van der Waals surface area contributed by atoms with Gasteiger partial charge in [0.2, 0.25) is 0 Å². The lowest BCUT2D eigenvalue weighted by atomic mass is 10.1. The number of hydrogen-bond donors (Lipinski definition) is 1. The monoisotopic (exact) mass is 294 g/mol. The lowest BCUT2D eigenvalue weighted by Gasteiger charge is -2.04. The van der Waals surface area contributed by atoms with Gasteiger partial charge >= 0.3 is 0 Å². The van der Waals surface area contributed by atoms with E-state index in [1.54, 1.807) is 23.5 Å². The van der Waals surface area contributed by atoms with Crippen LogP contribution in [0.5, 0.6) is 5.75 Å². The predicted molar refractivity (Wildman–Crippen MR) is 79.7 cm³/mol. The minimum absolute atomic E-state index is 0.259. The molecule has 0 spiro atoms. The molecule has 108 valence electrons. The zero-order valence-corrected chi connectivity index (χ0v) is 12.8. The molecule has 2 rings (SSSR count). The fraction of sp³-hybridized carbons (Fsp3) is 0.400. The van der Waals surface area contributed by atoms with Crippen LogP contribution in [0.4, 0.5) is 4.39 Å². The van der Waals surface area contributed by atoms with Gasteiger partial charge in [-0.3, -0.25) is 0 Å². The molecule has 0 aliphatic heterocycles. The van der Waals surface area contributed by atoms with Crippen LogP contribution in [-0.4, -0.2) is 12.0 Å². The van der Waals surface area contributed by atoms with Crippen LogP contribution >= 0.6 is 11.3 Å². The molecule has 0 radical (unpaired) electrons. The summed E-state index contributed by atoms with van der Waals surface area (Å²) in [5.41, 5.74) is 1.13. The van der Waals surface area contributed by atoms with Crippen LogP contribution in [0.2, 0.25) is 0 Å². The zero-order valence-electron chi connectivity index (χ0n) is 11.9. The maximum absolute atomic E-state index is 12.8. The standard InChI is InChI=1S/C15H19FN2OS/c1-10(2)15-13(8-17-3)20-14(18-15)9-19-12-6-4-11(16)5-7-12/h4-7,10,17H,8-9H2,1-3H3. The van der Waals surface area contributed by atoms with Gasteiger partial charge in [-0.15, -0.1) is 11.3 Å². The Balaban J connectivity index is 2.05. The Morgan fingerprint density at radius 2 is 2.00 bits per heavy atom. The van der Waals surface area contributed by atoms with Gasteiger partial charge in [0.05, 0.1) is 5.69 Å². The van der Waals surface area contributed by atoms with Crippen molar-refractivity contribution < 1.29 is 9.13 Å². The van der Waals surface area contributed by atoms with Crippen LogP contribution in [0.3, 0.4) is 0 Å². The second-order valence-corrected chi connectivity index (χ2v) is 6.01. The van der Waals surface area contributed by atoms with E-state index in [4.69, 9.17) is 4.74 Å². The van der Waals surface area contributed by atoms with Gasteiger partial charge in [0.15, 0.2) is 0 Å². The van der Waals surface area contributed by atoms with Crippen molar-refractivity contribution in [3.05, 3.63) is 45.7 Å². The van der Waals surface area contributed by atoms with Crippen molar-refractivity contribution in [2.45, 2.75) is 32.9 Å². The zero-order chi connectivity index (χ0) is 14.5. The highest BCUT2D eigenvalue weighted by molar-refractivity contribution is 7.11. The largest absolute Gasteiger partial charge is 0.486 e. The summed E-state index contributed by atoms with van der Waals surface area (Å²) in [6, 6.07) is 6.04. The van der Waals surface area contributed by atoms with E-state index < -0.39 is 0 Å². The van der Waals surface area contributed by atoms with Crippen molar-refractivity contribution in [1.29, 1.82) is 0 Å². The van der Waals surface area contributed by atoms with Crippen LogP contribution in [0.25, 0.3) is 0 Å². The van der Waals surface area contributed by atoms with E-state index in [1.165, 1.54) is 17.0 Å². The summed E-state index contributed by atoms with van der Waals surface area (Å²) >= 11 is 1.66. The number of nitrogens with one attached hydrogen (secondary N) is 1. The van der Waals surface area contributed by atoms with Crippen LogP contribution in [-0.2, 0) is 13.2 Å². The number of nitrogens with zero attached hydrogens (tertiary/aromatic N) is 1. The van der Waals surface area contributed by atoms with Gasteiger partial charge < -0.3 is 10.1 Å². The number of rotatable bonds is 6. The molecule has 1 N–H and O–H groups in total. The highest BCUT2D eigenvalue weighted by Crippen LogP contribution is 2.26. The molecule has 1 aromatic heterocycles. The maximum Gasteiger partial charge on any atom is 0.140 e. The molecule has 0 saturated heterocycles. The van der Waals surface area contributed by atoms with Crippen LogP contribution in [0, 0.1) is 5.82 Å². The van der Waals surface area contributed by atoms with Crippen molar-refractivity contribution in [2.24, 2.45) is 0 Å². The average molecular weight is 294 g/mol. The SMILES string of the molecule is CNCc1sc(COc2ccc(F)cc2)nc1C(C)C. The Bertz CT molecular complexity index is 552. The van der Waals surface area contributed by atoms with Gasteiger partial charge in [0.25, 0.3) is 0 Å². The molecule has 0 aliphatic carbocycles. The predicted octanol–water partition coefficient (Wildman–Crippen LogP) is 3.70. The molecular formula is C15H19FN2OS. The number of benzene rings is 1. The highest BCUT2D eigenvalue weighted by atomic mass is 32.1. The number of hydrogen-bond acceptors (Lipinski definition) is 4. The van der Waals surface area contributed by atoms with Gasteiger partial charge in [-0.05, 0) is 37.2 Å². The molecule has 0 amide bonds. The van der Waals surface area contributed by atoms with E-state index in [0.717, 1.165) is 17.2 Å². The number of thiazole rings is 1. The van der Waals surface area contributed by atoms with Gasteiger partial charge in [0, 0.05) is 11.4 Å². The second-order valence-electron chi connectivity index (χ2n) is 4.84. The third kappa shape index (κ3) is 3.77. The molecule has 0 bridgehead atoms. The Kier molecular flexibility index (Phi) is 5.09. The van der Waals surface area contributed by atoms with Gasteiger partial charge in [-0.1, -0.05) is 13.8 Å². The lowest BCUT2D eigenvalue weighted by molar-refractivity contribution is 0.304. The molecule has 2 aromatic rings. The topological polar surface area (TPSA) is 34.1 Å². The van der Waals surface area contributed by atoms with E-state index in [1.807, 2.05) is 7.05 Å². The molecule has 0 unspecified atom stereocenters. The molecule has 0 aliphatic rings. The molecule has 0 atom stereocenters. The first-order chi connectivity index (χ1) is 9.60. The number of aromatic nitrogens is 1. The van der Waals surface area contributed by atoms with Gasteiger partial charge in [-0.25, -0.2) is 9.37 Å². The first-order valence-corrected chi connectivity index (χ1v) is 7.43. The maximum atomic E-state index is 12.8. The lowest BCUT2D eigenvalue weighted by Crippen LogP contribution is -2.06. The Morgan fingerprint density at radius 3 is 2.60 bits per heavy atom. The van der Waals surface area contributed by atoms with Crippen LogP contribution in [0.15, 0.2) is 24.3 Å². The molecule has 1 aromatic carbocycles. The molecule has 3 nitrogen and oxygen atoms in total. The van der Waals surface area contributed by atoms with Crippen LogP contribution < -0.4 is 10.1 Å². The Hall–Kier alpha value is -1.46. The molecule has 5 heteroatoms. The van der Waals surface area contributed by atoms with Crippen molar-refractivity contribution >= 4 is 11.3 Å². The van der Waals surface area contributed by atoms with Crippen LogP contribution in [0.1, 0.15) is 35.3 Å². The summed E-state index contributed by atoms with van der Waals surface area (Å²) in [5, 5.41) is 4.11.